The van der Waals surface area contributed by atoms with E-state index in [2.05, 4.69) is 23.8 Å². The molecule has 0 saturated carbocycles. The standard InChI is InChI=1S/C17H24N4O3S/c1-14(2)9-20-11-17(19-13-20)25(22,23)21-8-5-16(10-21)24-12-15-3-6-18-7-4-15/h3-4,6-7,11,13-14,16H,5,8-10,12H2,1-2H3/t16-/m0/s1. The minimum absolute atomic E-state index is 0.0966. The largest absolute Gasteiger partial charge is 0.372 e. The molecule has 1 aliphatic heterocycles. The molecule has 8 heteroatoms. The van der Waals surface area contributed by atoms with Crippen LogP contribution in [0.4, 0.5) is 0 Å². The fourth-order valence-corrected chi connectivity index (χ4v) is 4.29. The van der Waals surface area contributed by atoms with E-state index in [1.807, 2.05) is 16.7 Å². The summed E-state index contributed by atoms with van der Waals surface area (Å²) in [5, 5.41) is 0.114. The molecule has 0 amide bonds. The third kappa shape index (κ3) is 4.45. The van der Waals surface area contributed by atoms with Crippen molar-refractivity contribution in [2.75, 3.05) is 13.1 Å². The number of nitrogens with zero attached hydrogens (tertiary/aromatic N) is 4. The molecule has 0 radical (unpaired) electrons. The van der Waals surface area contributed by atoms with E-state index >= 15 is 0 Å². The second kappa shape index (κ2) is 7.63. The Bertz CT molecular complexity index is 789. The van der Waals surface area contributed by atoms with Crippen LogP contribution in [0.2, 0.25) is 0 Å². The molecular formula is C17H24N4O3S. The van der Waals surface area contributed by atoms with E-state index in [0.29, 0.717) is 32.0 Å². The van der Waals surface area contributed by atoms with Crippen molar-refractivity contribution in [1.82, 2.24) is 18.8 Å². The maximum atomic E-state index is 12.7. The van der Waals surface area contributed by atoms with E-state index in [0.717, 1.165) is 12.1 Å². The summed E-state index contributed by atoms with van der Waals surface area (Å²) in [6.45, 7) is 6.20. The number of ether oxygens (including phenoxy) is 1. The number of sulfonamides is 1. The molecular weight excluding hydrogens is 340 g/mol. The smallest absolute Gasteiger partial charge is 0.262 e. The Balaban J connectivity index is 1.59. The van der Waals surface area contributed by atoms with E-state index in [9.17, 15) is 8.42 Å². The van der Waals surface area contributed by atoms with Crippen molar-refractivity contribution in [2.24, 2.45) is 5.92 Å². The van der Waals surface area contributed by atoms with Crippen molar-refractivity contribution in [3.63, 3.8) is 0 Å². The summed E-state index contributed by atoms with van der Waals surface area (Å²) in [6, 6.07) is 3.79. The van der Waals surface area contributed by atoms with Gasteiger partial charge in [0, 0.05) is 38.2 Å². The summed E-state index contributed by atoms with van der Waals surface area (Å²) in [5.41, 5.74) is 1.03. The first kappa shape index (κ1) is 18.0. The van der Waals surface area contributed by atoms with Crippen LogP contribution in [0.25, 0.3) is 0 Å². The minimum Gasteiger partial charge on any atom is -0.372 e. The predicted octanol–water partition coefficient (Wildman–Crippen LogP) is 1.91. The lowest BCUT2D eigenvalue weighted by Gasteiger charge is -2.15. The van der Waals surface area contributed by atoms with Crippen molar-refractivity contribution >= 4 is 10.0 Å². The van der Waals surface area contributed by atoms with Crippen molar-refractivity contribution in [1.29, 1.82) is 0 Å². The summed E-state index contributed by atoms with van der Waals surface area (Å²) >= 11 is 0. The first-order valence-electron chi connectivity index (χ1n) is 8.47. The molecule has 1 fully saturated rings. The zero-order chi connectivity index (χ0) is 17.9. The van der Waals surface area contributed by atoms with E-state index < -0.39 is 10.0 Å². The van der Waals surface area contributed by atoms with Crippen LogP contribution in [0.1, 0.15) is 25.8 Å². The Morgan fingerprint density at radius 3 is 2.80 bits per heavy atom. The predicted molar refractivity (Wildman–Crippen MR) is 93.3 cm³/mol. The van der Waals surface area contributed by atoms with Crippen LogP contribution < -0.4 is 0 Å². The van der Waals surface area contributed by atoms with Crippen LogP contribution in [-0.2, 0) is 27.9 Å². The van der Waals surface area contributed by atoms with Crippen LogP contribution in [0.3, 0.4) is 0 Å². The molecule has 25 heavy (non-hydrogen) atoms. The average Bonchev–Trinajstić information content (AvgIpc) is 3.23. The van der Waals surface area contributed by atoms with Gasteiger partial charge in [0.1, 0.15) is 0 Å². The lowest BCUT2D eigenvalue weighted by atomic mass is 10.2. The molecule has 0 spiro atoms. The topological polar surface area (TPSA) is 77.3 Å². The van der Waals surface area contributed by atoms with Gasteiger partial charge in [0.2, 0.25) is 0 Å². The summed E-state index contributed by atoms with van der Waals surface area (Å²) in [5.74, 6) is 0.433. The van der Waals surface area contributed by atoms with Gasteiger partial charge >= 0.3 is 0 Å². The molecule has 2 aromatic heterocycles. The zero-order valence-corrected chi connectivity index (χ0v) is 15.4. The number of rotatable bonds is 7. The van der Waals surface area contributed by atoms with Gasteiger partial charge in [0.05, 0.1) is 19.0 Å². The van der Waals surface area contributed by atoms with Gasteiger partial charge in [-0.1, -0.05) is 13.8 Å². The highest BCUT2D eigenvalue weighted by Gasteiger charge is 2.34. The number of hydrogen-bond donors (Lipinski definition) is 0. The fraction of sp³-hybridized carbons (Fsp3) is 0.529. The minimum atomic E-state index is -3.56. The van der Waals surface area contributed by atoms with Gasteiger partial charge in [-0.15, -0.1) is 0 Å². The Hall–Kier alpha value is -1.77. The third-order valence-electron chi connectivity index (χ3n) is 4.13. The third-order valence-corrected chi connectivity index (χ3v) is 5.88. The van der Waals surface area contributed by atoms with Gasteiger partial charge < -0.3 is 9.30 Å². The molecule has 0 aromatic carbocycles. The van der Waals surface area contributed by atoms with Gasteiger partial charge in [-0.25, -0.2) is 13.4 Å². The number of pyridine rings is 1. The molecule has 7 nitrogen and oxygen atoms in total. The summed E-state index contributed by atoms with van der Waals surface area (Å²) in [6.07, 6.45) is 7.23. The van der Waals surface area contributed by atoms with Crippen molar-refractivity contribution in [2.45, 2.75) is 44.5 Å². The molecule has 0 N–H and O–H groups in total. The highest BCUT2D eigenvalue weighted by molar-refractivity contribution is 7.89. The van der Waals surface area contributed by atoms with Crippen LogP contribution in [0.5, 0.6) is 0 Å². The lowest BCUT2D eigenvalue weighted by molar-refractivity contribution is 0.0508. The van der Waals surface area contributed by atoms with E-state index in [1.54, 1.807) is 24.9 Å². The molecule has 0 aliphatic carbocycles. The zero-order valence-electron chi connectivity index (χ0n) is 14.6. The first-order chi connectivity index (χ1) is 11.9. The molecule has 1 atom stereocenters. The molecule has 0 unspecified atom stereocenters. The SMILES string of the molecule is CC(C)Cn1cnc(S(=O)(=O)N2CC[C@H](OCc3ccncc3)C2)c1. The van der Waals surface area contributed by atoms with Gasteiger partial charge in [-0.2, -0.15) is 4.31 Å². The molecule has 1 aliphatic rings. The Morgan fingerprint density at radius 1 is 1.32 bits per heavy atom. The lowest BCUT2D eigenvalue weighted by Crippen LogP contribution is -2.30. The highest BCUT2D eigenvalue weighted by Crippen LogP contribution is 2.22. The van der Waals surface area contributed by atoms with Crippen LogP contribution >= 0.6 is 0 Å². The van der Waals surface area contributed by atoms with Crippen molar-refractivity contribution in [3.05, 3.63) is 42.6 Å². The number of aromatic nitrogens is 3. The van der Waals surface area contributed by atoms with Gasteiger partial charge in [0.15, 0.2) is 5.03 Å². The first-order valence-corrected chi connectivity index (χ1v) is 9.91. The average molecular weight is 364 g/mol. The van der Waals surface area contributed by atoms with Gasteiger partial charge in [-0.3, -0.25) is 4.98 Å². The summed E-state index contributed by atoms with van der Waals surface area (Å²) < 4.78 is 34.6. The molecule has 136 valence electrons. The van der Waals surface area contributed by atoms with E-state index in [-0.39, 0.29) is 11.1 Å². The summed E-state index contributed by atoms with van der Waals surface area (Å²) in [4.78, 5) is 8.06. The van der Waals surface area contributed by atoms with Crippen LogP contribution in [0, 0.1) is 5.92 Å². The quantitative estimate of drug-likeness (QED) is 0.750. The highest BCUT2D eigenvalue weighted by atomic mass is 32.2. The molecule has 2 aromatic rings. The second-order valence-electron chi connectivity index (χ2n) is 6.74. The monoisotopic (exact) mass is 364 g/mol. The van der Waals surface area contributed by atoms with Crippen LogP contribution in [0.15, 0.2) is 42.1 Å². The molecule has 3 heterocycles. The number of hydrogen-bond acceptors (Lipinski definition) is 5. The maximum absolute atomic E-state index is 12.7. The molecule has 1 saturated heterocycles. The Morgan fingerprint density at radius 2 is 2.08 bits per heavy atom. The maximum Gasteiger partial charge on any atom is 0.262 e. The van der Waals surface area contributed by atoms with E-state index in [4.69, 9.17) is 4.74 Å². The van der Waals surface area contributed by atoms with Gasteiger partial charge in [0.25, 0.3) is 10.0 Å². The fourth-order valence-electron chi connectivity index (χ4n) is 2.87. The van der Waals surface area contributed by atoms with Crippen molar-refractivity contribution in [3.8, 4) is 0 Å². The van der Waals surface area contributed by atoms with E-state index in [1.165, 1.54) is 4.31 Å². The summed E-state index contributed by atoms with van der Waals surface area (Å²) in [7, 11) is -3.56. The molecule has 0 bridgehead atoms. The van der Waals surface area contributed by atoms with Crippen LogP contribution in [-0.4, -0.2) is 46.5 Å². The normalized spacial score (nSPS) is 18.9. The Kier molecular flexibility index (Phi) is 5.51. The molecule has 3 rings (SSSR count). The number of imidazole rings is 1. The van der Waals surface area contributed by atoms with Crippen molar-refractivity contribution < 1.29 is 13.2 Å². The van der Waals surface area contributed by atoms with Gasteiger partial charge in [-0.05, 0) is 30.0 Å². The second-order valence-corrected chi connectivity index (χ2v) is 8.63. The Labute approximate surface area is 148 Å².